The molecule has 0 bridgehead atoms. The average molecular weight is 286 g/mol. The lowest BCUT2D eigenvalue weighted by Crippen LogP contribution is -2.32. The fourth-order valence-corrected chi connectivity index (χ4v) is 4.34. The first-order valence-corrected chi connectivity index (χ1v) is 7.33. The minimum atomic E-state index is -0.494. The first-order valence-electron chi connectivity index (χ1n) is 7.33. The van der Waals surface area contributed by atoms with E-state index in [-0.39, 0.29) is 23.7 Å². The molecule has 1 fully saturated rings. The van der Waals surface area contributed by atoms with Crippen LogP contribution in [0.2, 0.25) is 0 Å². The molecule has 0 spiro atoms. The SMILES string of the molecule is COCC(=O)[C@@]1(COC)[C@H]2C=C(C)c3ccccc3[C@]21C. The normalized spacial score (nSPS) is 33.0. The van der Waals surface area contributed by atoms with Gasteiger partial charge in [0.1, 0.15) is 6.61 Å². The van der Waals surface area contributed by atoms with Crippen LogP contribution in [0.3, 0.4) is 0 Å². The van der Waals surface area contributed by atoms with Crippen LogP contribution in [0, 0.1) is 11.3 Å². The highest BCUT2D eigenvalue weighted by Crippen LogP contribution is 2.73. The molecule has 1 aromatic carbocycles. The van der Waals surface area contributed by atoms with E-state index in [9.17, 15) is 4.79 Å². The third kappa shape index (κ3) is 1.65. The maximum absolute atomic E-state index is 12.8. The van der Waals surface area contributed by atoms with E-state index in [1.54, 1.807) is 14.2 Å². The Morgan fingerprint density at radius 1 is 1.24 bits per heavy atom. The van der Waals surface area contributed by atoms with E-state index in [1.165, 1.54) is 16.7 Å². The first kappa shape index (κ1) is 14.5. The van der Waals surface area contributed by atoms with Gasteiger partial charge in [0.05, 0.1) is 12.0 Å². The summed E-state index contributed by atoms with van der Waals surface area (Å²) in [6, 6.07) is 8.39. The molecular formula is C18H22O3. The van der Waals surface area contributed by atoms with Crippen LogP contribution in [0.4, 0.5) is 0 Å². The van der Waals surface area contributed by atoms with Crippen molar-refractivity contribution < 1.29 is 14.3 Å². The molecule has 1 saturated carbocycles. The molecule has 0 saturated heterocycles. The van der Waals surface area contributed by atoms with Crippen molar-refractivity contribution in [3.8, 4) is 0 Å². The monoisotopic (exact) mass is 286 g/mol. The number of carbonyl (C=O) groups is 1. The predicted octanol–water partition coefficient (Wildman–Crippen LogP) is 2.84. The lowest BCUT2D eigenvalue weighted by molar-refractivity contribution is -0.131. The minimum absolute atomic E-state index is 0.139. The van der Waals surface area contributed by atoms with E-state index in [2.05, 4.69) is 44.2 Å². The van der Waals surface area contributed by atoms with Crippen molar-refractivity contribution in [2.75, 3.05) is 27.4 Å². The lowest BCUT2D eigenvalue weighted by atomic mass is 9.80. The molecule has 21 heavy (non-hydrogen) atoms. The van der Waals surface area contributed by atoms with Crippen LogP contribution in [0.15, 0.2) is 30.3 Å². The molecule has 112 valence electrons. The molecule has 0 radical (unpaired) electrons. The average Bonchev–Trinajstić information content (AvgIpc) is 3.01. The number of hydrogen-bond acceptors (Lipinski definition) is 3. The van der Waals surface area contributed by atoms with Gasteiger partial charge >= 0.3 is 0 Å². The molecule has 2 aliphatic carbocycles. The first-order chi connectivity index (χ1) is 10.0. The second-order valence-electron chi connectivity index (χ2n) is 6.34. The number of fused-ring (bicyclic) bond motifs is 3. The second kappa shape index (κ2) is 4.79. The topological polar surface area (TPSA) is 35.5 Å². The van der Waals surface area contributed by atoms with E-state index in [1.807, 2.05) is 0 Å². The summed E-state index contributed by atoms with van der Waals surface area (Å²) in [6.07, 6.45) is 2.24. The molecule has 3 rings (SSSR count). The van der Waals surface area contributed by atoms with Gasteiger partial charge in [-0.3, -0.25) is 4.79 Å². The summed E-state index contributed by atoms with van der Waals surface area (Å²) in [5.41, 5.74) is 3.08. The predicted molar refractivity (Wildman–Crippen MR) is 82.1 cm³/mol. The maximum Gasteiger partial charge on any atom is 0.168 e. The second-order valence-corrected chi connectivity index (χ2v) is 6.34. The molecule has 0 amide bonds. The quantitative estimate of drug-likeness (QED) is 0.835. The zero-order valence-electron chi connectivity index (χ0n) is 13.1. The van der Waals surface area contributed by atoms with Gasteiger partial charge in [0.15, 0.2) is 5.78 Å². The fraction of sp³-hybridized carbons (Fsp3) is 0.500. The van der Waals surface area contributed by atoms with E-state index < -0.39 is 5.41 Å². The third-order valence-electron chi connectivity index (χ3n) is 5.47. The molecule has 0 N–H and O–H groups in total. The summed E-state index contributed by atoms with van der Waals surface area (Å²) >= 11 is 0. The number of Topliss-reactive ketones (excluding diaryl/α,β-unsaturated/α-hetero) is 1. The molecule has 0 aliphatic heterocycles. The fourth-order valence-electron chi connectivity index (χ4n) is 4.34. The smallest absolute Gasteiger partial charge is 0.168 e. The number of rotatable bonds is 5. The van der Waals surface area contributed by atoms with Gasteiger partial charge in [-0.25, -0.2) is 0 Å². The van der Waals surface area contributed by atoms with Crippen molar-refractivity contribution >= 4 is 11.4 Å². The Labute approximate surface area is 125 Å². The van der Waals surface area contributed by atoms with Crippen LogP contribution in [0.25, 0.3) is 5.57 Å². The van der Waals surface area contributed by atoms with Gasteiger partial charge in [0.2, 0.25) is 0 Å². The zero-order chi connectivity index (χ0) is 15.3. The van der Waals surface area contributed by atoms with Gasteiger partial charge < -0.3 is 9.47 Å². The summed E-state index contributed by atoms with van der Waals surface area (Å²) in [5, 5.41) is 0. The van der Waals surface area contributed by atoms with Gasteiger partial charge in [-0.15, -0.1) is 0 Å². The Balaban J connectivity index is 2.14. The molecule has 3 nitrogen and oxygen atoms in total. The third-order valence-corrected chi connectivity index (χ3v) is 5.47. The number of benzene rings is 1. The summed E-state index contributed by atoms with van der Waals surface area (Å²) in [6.45, 7) is 4.89. The largest absolute Gasteiger partial charge is 0.384 e. The highest BCUT2D eigenvalue weighted by Gasteiger charge is 2.78. The Kier molecular flexibility index (Phi) is 3.30. The van der Waals surface area contributed by atoms with Crippen LogP contribution in [0.1, 0.15) is 25.0 Å². The molecule has 2 aliphatic rings. The summed E-state index contributed by atoms with van der Waals surface area (Å²) < 4.78 is 10.6. The number of ether oxygens (including phenoxy) is 2. The molecule has 0 unspecified atom stereocenters. The standard InChI is InChI=1S/C18H22O3/c1-12-9-15-17(2,14-8-6-5-7-13(12)14)18(15,11-21-4)16(19)10-20-3/h5-9,15H,10-11H2,1-4H3/t15-,17+,18+/m0/s1. The van der Waals surface area contributed by atoms with Crippen molar-refractivity contribution in [1.29, 1.82) is 0 Å². The number of hydrogen-bond donors (Lipinski definition) is 0. The molecular weight excluding hydrogens is 264 g/mol. The Bertz CT molecular complexity index is 619. The van der Waals surface area contributed by atoms with Gasteiger partial charge in [0.25, 0.3) is 0 Å². The molecule has 3 heteroatoms. The summed E-state index contributed by atoms with van der Waals surface area (Å²) in [4.78, 5) is 12.8. The zero-order valence-corrected chi connectivity index (χ0v) is 13.1. The van der Waals surface area contributed by atoms with Gasteiger partial charge in [-0.1, -0.05) is 37.3 Å². The highest BCUT2D eigenvalue weighted by atomic mass is 16.5. The Morgan fingerprint density at radius 2 is 1.95 bits per heavy atom. The molecule has 1 aromatic rings. The molecule has 0 aromatic heterocycles. The van der Waals surface area contributed by atoms with Crippen molar-refractivity contribution in [2.45, 2.75) is 19.3 Å². The maximum atomic E-state index is 12.8. The minimum Gasteiger partial charge on any atom is -0.384 e. The van der Waals surface area contributed by atoms with Crippen molar-refractivity contribution in [3.05, 3.63) is 41.5 Å². The van der Waals surface area contributed by atoms with Crippen molar-refractivity contribution in [3.63, 3.8) is 0 Å². The molecule has 0 heterocycles. The van der Waals surface area contributed by atoms with E-state index in [0.29, 0.717) is 6.61 Å². The highest BCUT2D eigenvalue weighted by molar-refractivity contribution is 5.95. The van der Waals surface area contributed by atoms with Gasteiger partial charge in [-0.2, -0.15) is 0 Å². The number of allylic oxidation sites excluding steroid dienone is 2. The van der Waals surface area contributed by atoms with Crippen LogP contribution in [-0.4, -0.2) is 33.2 Å². The van der Waals surface area contributed by atoms with Crippen LogP contribution >= 0.6 is 0 Å². The molecule has 3 atom stereocenters. The number of ketones is 1. The summed E-state index contributed by atoms with van der Waals surface area (Å²) in [5.74, 6) is 0.336. The van der Waals surface area contributed by atoms with E-state index in [4.69, 9.17) is 9.47 Å². The van der Waals surface area contributed by atoms with Crippen molar-refractivity contribution in [1.82, 2.24) is 0 Å². The Hall–Kier alpha value is -1.45. The van der Waals surface area contributed by atoms with Gasteiger partial charge in [-0.05, 0) is 23.6 Å². The van der Waals surface area contributed by atoms with Crippen LogP contribution in [0.5, 0.6) is 0 Å². The van der Waals surface area contributed by atoms with Crippen LogP contribution in [-0.2, 0) is 19.7 Å². The summed E-state index contributed by atoms with van der Waals surface area (Å²) in [7, 11) is 3.24. The number of methoxy groups -OCH3 is 2. The van der Waals surface area contributed by atoms with Crippen LogP contribution < -0.4 is 0 Å². The van der Waals surface area contributed by atoms with E-state index >= 15 is 0 Å². The lowest BCUT2D eigenvalue weighted by Gasteiger charge is -2.24. The van der Waals surface area contributed by atoms with Crippen molar-refractivity contribution in [2.24, 2.45) is 11.3 Å². The Morgan fingerprint density at radius 3 is 2.62 bits per heavy atom. The van der Waals surface area contributed by atoms with E-state index in [0.717, 1.165) is 0 Å². The number of carbonyl (C=O) groups excluding carboxylic acids is 1. The van der Waals surface area contributed by atoms with Gasteiger partial charge in [0, 0.05) is 25.6 Å².